The van der Waals surface area contributed by atoms with Gasteiger partial charge in [-0.2, -0.15) is 0 Å². The van der Waals surface area contributed by atoms with E-state index in [2.05, 4.69) is 0 Å². The number of aldehydes is 1. The van der Waals surface area contributed by atoms with Crippen molar-refractivity contribution in [2.75, 3.05) is 6.26 Å². The van der Waals surface area contributed by atoms with Gasteiger partial charge in [0.05, 0.1) is 16.9 Å². The predicted octanol–water partition coefficient (Wildman–Crippen LogP) is 5.10. The second-order valence-corrected chi connectivity index (χ2v) is 9.69. The van der Waals surface area contributed by atoms with Gasteiger partial charge in [-0.15, -0.1) is 0 Å². The Morgan fingerprint density at radius 1 is 1.03 bits per heavy atom. The molecule has 33 heavy (non-hydrogen) atoms. The zero-order valence-electron chi connectivity index (χ0n) is 17.1. The Morgan fingerprint density at radius 3 is 2.30 bits per heavy atom. The second kappa shape index (κ2) is 8.25. The van der Waals surface area contributed by atoms with E-state index in [1.54, 1.807) is 0 Å². The van der Waals surface area contributed by atoms with E-state index in [9.17, 15) is 31.9 Å². The van der Waals surface area contributed by atoms with Crippen molar-refractivity contribution in [1.29, 1.82) is 0 Å². The summed E-state index contributed by atoms with van der Waals surface area (Å²) in [4.78, 5) is 23.3. The van der Waals surface area contributed by atoms with Crippen LogP contribution in [0.2, 0.25) is 0 Å². The number of rotatable bonds is 6. The standard InChI is InChI=1S/C24H16F2O6S/c1-33(30,31)12-15-9-22-18(10-17(15)14-4-7-21(26)19(8-14)24(28)29)20(11-27)23(32-22)13-2-5-16(25)6-3-13/h2-11H,12H2,1H3,(H,28,29). The first kappa shape index (κ1) is 22.3. The van der Waals surface area contributed by atoms with E-state index in [0.717, 1.165) is 18.4 Å². The van der Waals surface area contributed by atoms with E-state index in [1.807, 2.05) is 0 Å². The van der Waals surface area contributed by atoms with Gasteiger partial charge in [-0.1, -0.05) is 6.07 Å². The van der Waals surface area contributed by atoms with Gasteiger partial charge >= 0.3 is 5.97 Å². The first-order chi connectivity index (χ1) is 15.6. The van der Waals surface area contributed by atoms with E-state index in [1.165, 1.54) is 42.5 Å². The Labute approximate surface area is 187 Å². The molecule has 0 radical (unpaired) electrons. The molecular formula is C24H16F2O6S. The number of fused-ring (bicyclic) bond motifs is 1. The fraction of sp³-hybridized carbons (Fsp3) is 0.0833. The molecule has 0 atom stereocenters. The minimum atomic E-state index is -3.52. The number of aromatic carboxylic acids is 1. The molecule has 0 saturated carbocycles. The van der Waals surface area contributed by atoms with Gasteiger partial charge in [0.15, 0.2) is 16.1 Å². The SMILES string of the molecule is CS(=O)(=O)Cc1cc2oc(-c3ccc(F)cc3)c(C=O)c2cc1-c1ccc(F)c(C(=O)O)c1. The fourth-order valence-corrected chi connectivity index (χ4v) is 4.47. The second-order valence-electron chi connectivity index (χ2n) is 7.54. The minimum absolute atomic E-state index is 0.157. The highest BCUT2D eigenvalue weighted by molar-refractivity contribution is 7.89. The van der Waals surface area contributed by atoms with Gasteiger partial charge < -0.3 is 9.52 Å². The third kappa shape index (κ3) is 4.40. The number of carboxylic acid groups (broad SMARTS) is 1. The first-order valence-electron chi connectivity index (χ1n) is 9.59. The molecule has 1 heterocycles. The fourth-order valence-electron chi connectivity index (χ4n) is 3.66. The molecular weight excluding hydrogens is 454 g/mol. The van der Waals surface area contributed by atoms with Crippen LogP contribution in [0.1, 0.15) is 26.3 Å². The van der Waals surface area contributed by atoms with Crippen LogP contribution in [0.3, 0.4) is 0 Å². The summed E-state index contributed by atoms with van der Waals surface area (Å²) < 4.78 is 57.2. The summed E-state index contributed by atoms with van der Waals surface area (Å²) in [6.45, 7) is 0. The van der Waals surface area contributed by atoms with Gasteiger partial charge in [-0.25, -0.2) is 22.0 Å². The first-order valence-corrected chi connectivity index (χ1v) is 11.6. The molecule has 0 amide bonds. The largest absolute Gasteiger partial charge is 0.478 e. The zero-order chi connectivity index (χ0) is 23.9. The molecule has 0 saturated heterocycles. The summed E-state index contributed by atoms with van der Waals surface area (Å²) in [5, 5.41) is 9.62. The van der Waals surface area contributed by atoms with Crippen LogP contribution in [0.15, 0.2) is 59.0 Å². The lowest BCUT2D eigenvalue weighted by molar-refractivity contribution is 0.0691. The van der Waals surface area contributed by atoms with Gasteiger partial charge in [-0.05, 0) is 65.2 Å². The number of hydrogen-bond acceptors (Lipinski definition) is 5. The maximum atomic E-state index is 13.9. The molecule has 0 aliphatic carbocycles. The highest BCUT2D eigenvalue weighted by Gasteiger charge is 2.21. The van der Waals surface area contributed by atoms with Crippen LogP contribution in [0, 0.1) is 11.6 Å². The van der Waals surface area contributed by atoms with Gasteiger partial charge in [0.25, 0.3) is 0 Å². The van der Waals surface area contributed by atoms with Crippen molar-refractivity contribution in [1.82, 2.24) is 0 Å². The Morgan fingerprint density at radius 2 is 1.70 bits per heavy atom. The molecule has 0 aliphatic rings. The summed E-state index contributed by atoms with van der Waals surface area (Å²) in [6.07, 6.45) is 1.61. The van der Waals surface area contributed by atoms with Crippen LogP contribution in [0.5, 0.6) is 0 Å². The van der Waals surface area contributed by atoms with Crippen molar-refractivity contribution in [2.45, 2.75) is 5.75 Å². The molecule has 0 aliphatic heterocycles. The van der Waals surface area contributed by atoms with Crippen LogP contribution < -0.4 is 0 Å². The molecule has 3 aromatic carbocycles. The normalized spacial score (nSPS) is 11.6. The van der Waals surface area contributed by atoms with Crippen LogP contribution in [0.4, 0.5) is 8.78 Å². The van der Waals surface area contributed by atoms with Crippen molar-refractivity contribution in [3.63, 3.8) is 0 Å². The molecule has 0 unspecified atom stereocenters. The highest BCUT2D eigenvalue weighted by atomic mass is 32.2. The molecule has 4 rings (SSSR count). The Kier molecular flexibility index (Phi) is 5.59. The number of furan rings is 1. The van der Waals surface area contributed by atoms with Crippen LogP contribution >= 0.6 is 0 Å². The van der Waals surface area contributed by atoms with E-state index in [0.29, 0.717) is 22.8 Å². The summed E-state index contributed by atoms with van der Waals surface area (Å²) >= 11 is 0. The van der Waals surface area contributed by atoms with Crippen molar-refractivity contribution in [3.05, 3.63) is 82.9 Å². The van der Waals surface area contributed by atoms with Crippen molar-refractivity contribution in [3.8, 4) is 22.5 Å². The molecule has 6 nitrogen and oxygen atoms in total. The van der Waals surface area contributed by atoms with Gasteiger partial charge in [0.1, 0.15) is 23.0 Å². The van der Waals surface area contributed by atoms with Crippen LogP contribution in [0.25, 0.3) is 33.4 Å². The van der Waals surface area contributed by atoms with E-state index < -0.39 is 38.8 Å². The van der Waals surface area contributed by atoms with Crippen LogP contribution in [-0.4, -0.2) is 32.0 Å². The average molecular weight is 470 g/mol. The summed E-state index contributed by atoms with van der Waals surface area (Å²) in [5.41, 5.74) is 1.10. The number of carbonyl (C=O) groups excluding carboxylic acids is 1. The van der Waals surface area contributed by atoms with E-state index in [-0.39, 0.29) is 28.0 Å². The zero-order valence-corrected chi connectivity index (χ0v) is 17.9. The lowest BCUT2D eigenvalue weighted by Crippen LogP contribution is -2.04. The number of halogens is 2. The van der Waals surface area contributed by atoms with E-state index in [4.69, 9.17) is 4.42 Å². The number of benzene rings is 3. The molecule has 0 bridgehead atoms. The summed E-state index contributed by atoms with van der Waals surface area (Å²) in [6, 6.07) is 11.7. The average Bonchev–Trinajstić information content (AvgIpc) is 3.10. The lowest BCUT2D eigenvalue weighted by Gasteiger charge is -2.11. The monoisotopic (exact) mass is 470 g/mol. The molecule has 0 fully saturated rings. The number of sulfone groups is 1. The molecule has 168 valence electrons. The minimum Gasteiger partial charge on any atom is -0.478 e. The van der Waals surface area contributed by atoms with E-state index >= 15 is 0 Å². The predicted molar refractivity (Wildman–Crippen MR) is 118 cm³/mol. The van der Waals surface area contributed by atoms with Gasteiger partial charge in [0.2, 0.25) is 0 Å². The van der Waals surface area contributed by atoms with Crippen molar-refractivity contribution in [2.24, 2.45) is 0 Å². The maximum absolute atomic E-state index is 13.9. The number of hydrogen-bond donors (Lipinski definition) is 1. The highest BCUT2D eigenvalue weighted by Crippen LogP contribution is 2.38. The lowest BCUT2D eigenvalue weighted by atomic mass is 9.95. The Hall–Kier alpha value is -3.85. The molecule has 1 N–H and O–H groups in total. The number of carbonyl (C=O) groups is 2. The summed E-state index contributed by atoms with van der Waals surface area (Å²) in [7, 11) is -3.52. The molecule has 1 aromatic heterocycles. The smallest absolute Gasteiger partial charge is 0.338 e. The maximum Gasteiger partial charge on any atom is 0.338 e. The van der Waals surface area contributed by atoms with Crippen LogP contribution in [-0.2, 0) is 15.6 Å². The quantitative estimate of drug-likeness (QED) is 0.394. The summed E-state index contributed by atoms with van der Waals surface area (Å²) in [5.74, 6) is -3.11. The third-order valence-corrected chi connectivity index (χ3v) is 5.94. The Balaban J connectivity index is 2.01. The molecule has 9 heteroatoms. The van der Waals surface area contributed by atoms with Gasteiger partial charge in [-0.3, -0.25) is 4.79 Å². The number of carboxylic acids is 1. The molecule has 0 spiro atoms. The topological polar surface area (TPSA) is 102 Å². The molecule has 4 aromatic rings. The Bertz CT molecular complexity index is 1520. The van der Waals surface area contributed by atoms with Crippen molar-refractivity contribution < 1.29 is 36.3 Å². The van der Waals surface area contributed by atoms with Gasteiger partial charge in [0, 0.05) is 17.2 Å². The third-order valence-electron chi connectivity index (χ3n) is 5.10. The van der Waals surface area contributed by atoms with Crippen molar-refractivity contribution >= 4 is 33.1 Å².